The first kappa shape index (κ1) is 29.1. The molecule has 3 rings (SSSR count). The first-order chi connectivity index (χ1) is 18.0. The molecule has 14 nitrogen and oxygen atoms in total. The van der Waals surface area contributed by atoms with Crippen molar-refractivity contribution in [3.05, 3.63) is 38.5 Å². The molecule has 4 unspecified atom stereocenters. The number of nitrogens with zero attached hydrogens (tertiary/aromatic N) is 3. The molecule has 0 bridgehead atoms. The van der Waals surface area contributed by atoms with Crippen molar-refractivity contribution in [2.24, 2.45) is 0 Å². The molecule has 0 saturated heterocycles. The number of carboxylic acids is 1. The van der Waals surface area contributed by atoms with Crippen LogP contribution in [0, 0.1) is 6.92 Å². The van der Waals surface area contributed by atoms with E-state index in [0.717, 1.165) is 0 Å². The van der Waals surface area contributed by atoms with Crippen LogP contribution >= 0.6 is 0 Å². The van der Waals surface area contributed by atoms with Gasteiger partial charge in [0.05, 0.1) is 23.7 Å². The third-order valence-electron chi connectivity index (χ3n) is 6.30. The summed E-state index contributed by atoms with van der Waals surface area (Å²) in [5, 5.41) is 60.4. The molecule has 2 aliphatic heterocycles. The summed E-state index contributed by atoms with van der Waals surface area (Å²) in [6.07, 6.45) is -3.96. The molecule has 2 aliphatic rings. The molecule has 38 heavy (non-hydrogen) atoms. The normalized spacial score (nSPS) is 14.9. The van der Waals surface area contributed by atoms with E-state index in [2.05, 4.69) is 20.3 Å². The van der Waals surface area contributed by atoms with Gasteiger partial charge < -0.3 is 40.5 Å². The van der Waals surface area contributed by atoms with Gasteiger partial charge in [0, 0.05) is 25.2 Å². The molecule has 208 valence electrons. The molecule has 0 aliphatic carbocycles. The van der Waals surface area contributed by atoms with E-state index < -0.39 is 48.2 Å². The molecule has 0 aromatic heterocycles. The van der Waals surface area contributed by atoms with Crippen LogP contribution in [-0.4, -0.2) is 93.7 Å². The molecule has 8 N–H and O–H groups in total. The van der Waals surface area contributed by atoms with Gasteiger partial charge in [-0.05, 0) is 37.5 Å². The van der Waals surface area contributed by atoms with E-state index in [9.17, 15) is 34.8 Å². The minimum atomic E-state index is -1.76. The topological polar surface area (TPSA) is 231 Å². The van der Waals surface area contributed by atoms with Gasteiger partial charge in [-0.25, -0.2) is 9.78 Å². The number of H-pyrrole nitrogens is 1. The van der Waals surface area contributed by atoms with E-state index in [0.29, 0.717) is 54.5 Å². The summed E-state index contributed by atoms with van der Waals surface area (Å²) < 4.78 is 1.70. The number of anilines is 1. The van der Waals surface area contributed by atoms with Crippen LogP contribution in [0.1, 0.15) is 37.7 Å². The van der Waals surface area contributed by atoms with Crippen molar-refractivity contribution in [2.75, 3.05) is 18.5 Å². The maximum Gasteiger partial charge on any atom is 0.349 e. The molecule has 4 atom stereocenters. The Kier molecular flexibility index (Phi) is 9.88. The Labute approximate surface area is 216 Å². The Balaban J connectivity index is 1.91. The minimum absolute atomic E-state index is 0.00180. The standard InChI is InChI=1S/C24H33N5O9/c1-12-8-14-15(9-13(12)25-10-16(31)20(35)21(36)17(32)11-30)29(7-5-3-2-4-6-18(33)34)22-19(26-14)23(37)28-24(38)27-22/h8-9,16-17,20-21,25,30-32,35-36H,2-7,10-11H2,1H3,(H,33,34)(H,28,37,38). The third-order valence-corrected chi connectivity index (χ3v) is 6.30. The van der Waals surface area contributed by atoms with Gasteiger partial charge in [0.1, 0.15) is 18.3 Å². The number of benzene rings is 1. The SMILES string of the molecule is Cc1cc2nc3c(=O)[nH]c(=O)nc-3n(CCCCCCC(=O)O)c2cc1NCC(O)C(O)C(O)C(O)CO. The second-order valence-electron chi connectivity index (χ2n) is 9.20. The molecule has 0 amide bonds. The van der Waals surface area contributed by atoms with Crippen molar-refractivity contribution in [3.63, 3.8) is 0 Å². The van der Waals surface area contributed by atoms with E-state index >= 15 is 0 Å². The minimum Gasteiger partial charge on any atom is -0.481 e. The van der Waals surface area contributed by atoms with Crippen LogP contribution in [0.5, 0.6) is 0 Å². The molecule has 2 heterocycles. The molecule has 0 radical (unpaired) electrons. The fourth-order valence-corrected chi connectivity index (χ4v) is 4.16. The molecular weight excluding hydrogens is 502 g/mol. The van der Waals surface area contributed by atoms with Crippen molar-refractivity contribution in [2.45, 2.75) is 70.0 Å². The number of aliphatic hydroxyl groups excluding tert-OH is 5. The summed E-state index contributed by atoms with van der Waals surface area (Å²) in [6.45, 7) is 1.13. The zero-order valence-corrected chi connectivity index (χ0v) is 20.9. The number of hydrogen-bond donors (Lipinski definition) is 8. The number of fused-ring (bicyclic) bond motifs is 2. The Hall–Kier alpha value is -3.43. The highest BCUT2D eigenvalue weighted by Gasteiger charge is 2.30. The average Bonchev–Trinajstić information content (AvgIpc) is 2.87. The third kappa shape index (κ3) is 6.90. The Morgan fingerprint density at radius 1 is 1.03 bits per heavy atom. The summed E-state index contributed by atoms with van der Waals surface area (Å²) in [5.74, 6) is -0.757. The zero-order chi connectivity index (χ0) is 28.0. The molecule has 1 aromatic carbocycles. The highest BCUT2D eigenvalue weighted by atomic mass is 16.4. The Morgan fingerprint density at radius 2 is 1.71 bits per heavy atom. The van der Waals surface area contributed by atoms with Crippen molar-refractivity contribution in [1.29, 1.82) is 0 Å². The fraction of sp³-hybridized carbons (Fsp3) is 0.542. The number of aromatic amines is 1. The predicted molar refractivity (Wildman–Crippen MR) is 136 cm³/mol. The van der Waals surface area contributed by atoms with E-state index in [1.165, 1.54) is 0 Å². The smallest absolute Gasteiger partial charge is 0.349 e. The predicted octanol–water partition coefficient (Wildman–Crippen LogP) is -1.22. The quantitative estimate of drug-likeness (QED) is 0.0896. The van der Waals surface area contributed by atoms with Crippen LogP contribution in [0.2, 0.25) is 0 Å². The number of hydrogen-bond acceptors (Lipinski definition) is 11. The summed E-state index contributed by atoms with van der Waals surface area (Å²) >= 11 is 0. The van der Waals surface area contributed by atoms with Crippen LogP contribution < -0.4 is 16.6 Å². The average molecular weight is 536 g/mol. The van der Waals surface area contributed by atoms with Gasteiger partial charge in [0.25, 0.3) is 5.56 Å². The van der Waals surface area contributed by atoms with Gasteiger partial charge in [0.15, 0.2) is 11.5 Å². The largest absolute Gasteiger partial charge is 0.481 e. The number of carbonyl (C=O) groups is 1. The van der Waals surface area contributed by atoms with Gasteiger partial charge >= 0.3 is 11.7 Å². The highest BCUT2D eigenvalue weighted by molar-refractivity contribution is 5.84. The van der Waals surface area contributed by atoms with E-state index in [-0.39, 0.29) is 24.5 Å². The number of rotatable bonds is 14. The van der Waals surface area contributed by atoms with Gasteiger partial charge in [-0.15, -0.1) is 0 Å². The molecule has 14 heteroatoms. The lowest BCUT2D eigenvalue weighted by molar-refractivity contribution is -0.137. The number of unbranched alkanes of at least 4 members (excludes halogenated alkanes) is 3. The van der Waals surface area contributed by atoms with E-state index in [1.807, 2.05) is 0 Å². The number of aliphatic carboxylic acids is 1. The van der Waals surface area contributed by atoms with Crippen molar-refractivity contribution in [3.8, 4) is 11.5 Å². The van der Waals surface area contributed by atoms with Gasteiger partial charge in [-0.1, -0.05) is 12.8 Å². The molecule has 1 aromatic rings. The first-order valence-electron chi connectivity index (χ1n) is 12.3. The van der Waals surface area contributed by atoms with E-state index in [1.54, 1.807) is 23.6 Å². The van der Waals surface area contributed by atoms with Gasteiger partial charge in [-0.3, -0.25) is 14.6 Å². The number of aliphatic hydroxyl groups is 5. The number of aryl methyl sites for hydroxylation is 2. The second-order valence-corrected chi connectivity index (χ2v) is 9.20. The summed E-state index contributed by atoms with van der Waals surface area (Å²) in [6, 6.07) is 3.41. The van der Waals surface area contributed by atoms with E-state index in [4.69, 9.17) is 10.2 Å². The van der Waals surface area contributed by atoms with Crippen LogP contribution in [0.3, 0.4) is 0 Å². The van der Waals surface area contributed by atoms with Gasteiger partial charge in [0.2, 0.25) is 0 Å². The highest BCUT2D eigenvalue weighted by Crippen LogP contribution is 2.27. The lowest BCUT2D eigenvalue weighted by atomic mass is 10.0. The lowest BCUT2D eigenvalue weighted by Gasteiger charge is -2.26. The van der Waals surface area contributed by atoms with Crippen molar-refractivity contribution in [1.82, 2.24) is 19.5 Å². The summed E-state index contributed by atoms with van der Waals surface area (Å²) in [5.41, 5.74) is 0.733. The number of nitrogens with one attached hydrogen (secondary N) is 2. The van der Waals surface area contributed by atoms with Crippen LogP contribution in [0.25, 0.3) is 22.6 Å². The Morgan fingerprint density at radius 3 is 2.39 bits per heavy atom. The monoisotopic (exact) mass is 535 g/mol. The summed E-state index contributed by atoms with van der Waals surface area (Å²) in [4.78, 5) is 45.6. The lowest BCUT2D eigenvalue weighted by Crippen LogP contribution is -2.48. The number of aromatic nitrogens is 4. The maximum atomic E-state index is 12.4. The number of carboxylic acid groups (broad SMARTS) is 1. The zero-order valence-electron chi connectivity index (χ0n) is 20.9. The molecular formula is C24H33N5O9. The summed E-state index contributed by atoms with van der Waals surface area (Å²) in [7, 11) is 0. The Bertz CT molecular complexity index is 1340. The first-order valence-corrected chi connectivity index (χ1v) is 12.3. The van der Waals surface area contributed by atoms with Crippen LogP contribution in [-0.2, 0) is 11.3 Å². The van der Waals surface area contributed by atoms with Crippen molar-refractivity contribution >= 4 is 22.7 Å². The van der Waals surface area contributed by atoms with Crippen LogP contribution in [0.4, 0.5) is 5.69 Å². The second kappa shape index (κ2) is 12.9. The van der Waals surface area contributed by atoms with Crippen LogP contribution in [0.15, 0.2) is 21.7 Å². The fourth-order valence-electron chi connectivity index (χ4n) is 4.16. The van der Waals surface area contributed by atoms with Gasteiger partial charge in [-0.2, -0.15) is 4.98 Å². The molecule has 0 spiro atoms. The maximum absolute atomic E-state index is 12.4. The molecule has 0 fully saturated rings. The molecule has 0 saturated carbocycles. The van der Waals surface area contributed by atoms with Crippen molar-refractivity contribution < 1.29 is 35.4 Å².